The first-order chi connectivity index (χ1) is 14.5. The predicted octanol–water partition coefficient (Wildman–Crippen LogP) is 4.41. The van der Waals surface area contributed by atoms with Gasteiger partial charge >= 0.3 is 0 Å². The molecule has 7 heteroatoms. The van der Waals surface area contributed by atoms with E-state index < -0.39 is 0 Å². The van der Waals surface area contributed by atoms with Gasteiger partial charge in [0.05, 0.1) is 11.1 Å². The van der Waals surface area contributed by atoms with Crippen LogP contribution in [0.15, 0.2) is 76.0 Å². The Hall–Kier alpha value is -2.90. The molecule has 0 aliphatic rings. The normalized spacial score (nSPS) is 11.0. The third kappa shape index (κ3) is 4.17. The Kier molecular flexibility index (Phi) is 6.01. The van der Waals surface area contributed by atoms with Crippen molar-refractivity contribution in [2.45, 2.75) is 11.7 Å². The third-order valence-electron chi connectivity index (χ3n) is 4.87. The summed E-state index contributed by atoms with van der Waals surface area (Å²) in [5.41, 5.74) is 2.89. The van der Waals surface area contributed by atoms with Crippen LogP contribution in [0.5, 0.6) is 0 Å². The van der Waals surface area contributed by atoms with Gasteiger partial charge in [-0.25, -0.2) is 4.98 Å². The van der Waals surface area contributed by atoms with Gasteiger partial charge in [0.2, 0.25) is 5.91 Å². The minimum atomic E-state index is -0.0901. The van der Waals surface area contributed by atoms with Crippen LogP contribution < -0.4 is 5.56 Å². The van der Waals surface area contributed by atoms with Gasteiger partial charge in [-0.2, -0.15) is 0 Å². The van der Waals surface area contributed by atoms with E-state index in [-0.39, 0.29) is 17.2 Å². The van der Waals surface area contributed by atoms with E-state index in [0.717, 1.165) is 16.7 Å². The number of hydrogen-bond donors (Lipinski definition) is 0. The Labute approximate surface area is 183 Å². The molecule has 2 aromatic carbocycles. The summed E-state index contributed by atoms with van der Waals surface area (Å²) in [6, 6.07) is 19.7. The molecule has 1 amide bonds. The third-order valence-corrected chi connectivity index (χ3v) is 6.76. The van der Waals surface area contributed by atoms with E-state index in [2.05, 4.69) is 4.98 Å². The van der Waals surface area contributed by atoms with E-state index in [9.17, 15) is 9.59 Å². The van der Waals surface area contributed by atoms with Crippen molar-refractivity contribution in [3.05, 3.63) is 82.0 Å². The minimum Gasteiger partial charge on any atom is -0.341 e. The fourth-order valence-corrected chi connectivity index (χ4v) is 5.10. The highest BCUT2D eigenvalue weighted by Gasteiger charge is 2.17. The average molecular weight is 436 g/mol. The van der Waals surface area contributed by atoms with Crippen LogP contribution in [-0.2, 0) is 18.4 Å². The number of aromatic nitrogens is 2. The Morgan fingerprint density at radius 2 is 1.77 bits per heavy atom. The number of benzene rings is 2. The fraction of sp³-hybridized carbons (Fsp3) is 0.174. The van der Waals surface area contributed by atoms with Crippen LogP contribution >= 0.6 is 23.1 Å². The van der Waals surface area contributed by atoms with Gasteiger partial charge in [-0.3, -0.25) is 14.2 Å². The van der Waals surface area contributed by atoms with Crippen molar-refractivity contribution in [1.29, 1.82) is 0 Å². The van der Waals surface area contributed by atoms with E-state index in [4.69, 9.17) is 0 Å². The lowest BCUT2D eigenvalue weighted by atomic mass is 10.1. The summed E-state index contributed by atoms with van der Waals surface area (Å²) in [6.07, 6.45) is 0. The monoisotopic (exact) mass is 435 g/mol. The van der Waals surface area contributed by atoms with Crippen molar-refractivity contribution in [3.8, 4) is 11.1 Å². The van der Waals surface area contributed by atoms with E-state index in [1.165, 1.54) is 27.7 Å². The van der Waals surface area contributed by atoms with Gasteiger partial charge in [0, 0.05) is 31.6 Å². The minimum absolute atomic E-state index is 0.00523. The standard InChI is InChI=1S/C23H21N3O2S2/c1-25(13-16-9-5-3-6-10-16)19(27)15-30-23-24-21-20(22(28)26(23)2)18(14-29-21)17-11-7-4-8-12-17/h3-12,14H,13,15H2,1-2H3. The van der Waals surface area contributed by atoms with Crippen LogP contribution in [0, 0.1) is 0 Å². The second-order valence-electron chi connectivity index (χ2n) is 6.98. The Morgan fingerprint density at radius 3 is 2.47 bits per heavy atom. The first-order valence-electron chi connectivity index (χ1n) is 9.49. The van der Waals surface area contributed by atoms with Crippen molar-refractivity contribution in [1.82, 2.24) is 14.5 Å². The summed E-state index contributed by atoms with van der Waals surface area (Å²) in [7, 11) is 3.50. The van der Waals surface area contributed by atoms with Gasteiger partial charge < -0.3 is 4.90 Å². The van der Waals surface area contributed by atoms with Gasteiger partial charge in [-0.05, 0) is 11.1 Å². The predicted molar refractivity (Wildman–Crippen MR) is 124 cm³/mol. The maximum Gasteiger partial charge on any atom is 0.263 e. The number of thioether (sulfide) groups is 1. The largest absolute Gasteiger partial charge is 0.341 e. The lowest BCUT2D eigenvalue weighted by molar-refractivity contribution is -0.127. The zero-order valence-corrected chi connectivity index (χ0v) is 18.4. The molecule has 0 bridgehead atoms. The first-order valence-corrected chi connectivity index (χ1v) is 11.4. The van der Waals surface area contributed by atoms with E-state index in [1.54, 1.807) is 19.0 Å². The molecule has 2 aromatic heterocycles. The number of carbonyl (C=O) groups excluding carboxylic acids is 1. The number of thiophene rings is 1. The molecule has 0 atom stereocenters. The van der Waals surface area contributed by atoms with Crippen molar-refractivity contribution < 1.29 is 4.79 Å². The van der Waals surface area contributed by atoms with Gasteiger partial charge in [0.15, 0.2) is 5.16 Å². The van der Waals surface area contributed by atoms with Gasteiger partial charge in [-0.15, -0.1) is 11.3 Å². The zero-order valence-electron chi connectivity index (χ0n) is 16.7. The second-order valence-corrected chi connectivity index (χ2v) is 8.78. The fourth-order valence-electron chi connectivity index (χ4n) is 3.19. The number of fused-ring (bicyclic) bond motifs is 1. The van der Waals surface area contributed by atoms with Gasteiger partial charge in [0.25, 0.3) is 5.56 Å². The Morgan fingerprint density at radius 1 is 1.10 bits per heavy atom. The highest BCUT2D eigenvalue weighted by Crippen LogP contribution is 2.31. The van der Waals surface area contributed by atoms with E-state index in [0.29, 0.717) is 21.9 Å². The molecular formula is C23H21N3O2S2. The topological polar surface area (TPSA) is 55.2 Å². The van der Waals surface area contributed by atoms with Crippen LogP contribution in [0.4, 0.5) is 0 Å². The quantitative estimate of drug-likeness (QED) is 0.332. The lowest BCUT2D eigenvalue weighted by Crippen LogP contribution is -2.28. The number of nitrogens with zero attached hydrogens (tertiary/aromatic N) is 3. The lowest BCUT2D eigenvalue weighted by Gasteiger charge is -2.17. The van der Waals surface area contributed by atoms with E-state index >= 15 is 0 Å². The number of amides is 1. The molecule has 2 heterocycles. The Bertz CT molecular complexity index is 1230. The molecule has 0 unspecified atom stereocenters. The smallest absolute Gasteiger partial charge is 0.263 e. The highest BCUT2D eigenvalue weighted by atomic mass is 32.2. The molecule has 0 spiro atoms. The average Bonchev–Trinajstić information content (AvgIpc) is 3.20. The van der Waals surface area contributed by atoms with Crippen LogP contribution in [0.25, 0.3) is 21.3 Å². The summed E-state index contributed by atoms with van der Waals surface area (Å²) in [4.78, 5) is 32.7. The van der Waals surface area contributed by atoms with Gasteiger partial charge in [0.1, 0.15) is 4.83 Å². The molecule has 152 valence electrons. The van der Waals surface area contributed by atoms with Crippen molar-refractivity contribution >= 4 is 39.2 Å². The zero-order chi connectivity index (χ0) is 21.1. The summed E-state index contributed by atoms with van der Waals surface area (Å²) in [6.45, 7) is 0.553. The summed E-state index contributed by atoms with van der Waals surface area (Å²) >= 11 is 2.75. The molecule has 0 aliphatic carbocycles. The SMILES string of the molecule is CN(Cc1ccccc1)C(=O)CSc1nc2scc(-c3ccccc3)c2c(=O)n1C. The molecule has 0 saturated heterocycles. The highest BCUT2D eigenvalue weighted by molar-refractivity contribution is 7.99. The molecule has 0 fully saturated rings. The van der Waals surface area contributed by atoms with Crippen molar-refractivity contribution in [3.63, 3.8) is 0 Å². The van der Waals surface area contributed by atoms with E-state index in [1.807, 2.05) is 66.0 Å². The number of hydrogen-bond acceptors (Lipinski definition) is 5. The molecule has 0 saturated carbocycles. The summed E-state index contributed by atoms with van der Waals surface area (Å²) < 4.78 is 1.54. The maximum absolute atomic E-state index is 13.0. The Balaban J connectivity index is 1.53. The van der Waals surface area contributed by atoms with Crippen LogP contribution in [0.3, 0.4) is 0 Å². The molecular weight excluding hydrogens is 414 g/mol. The maximum atomic E-state index is 13.0. The summed E-state index contributed by atoms with van der Waals surface area (Å²) in [5.74, 6) is 0.223. The first kappa shape index (κ1) is 20.4. The van der Waals surface area contributed by atoms with Crippen LogP contribution in [0.2, 0.25) is 0 Å². The molecule has 0 radical (unpaired) electrons. The van der Waals surface area contributed by atoms with Crippen LogP contribution in [0.1, 0.15) is 5.56 Å². The molecule has 0 aliphatic heterocycles. The van der Waals surface area contributed by atoms with Crippen molar-refractivity contribution in [2.24, 2.45) is 7.05 Å². The second kappa shape index (κ2) is 8.85. The summed E-state index contributed by atoms with van der Waals surface area (Å²) in [5, 5.41) is 3.16. The molecule has 5 nitrogen and oxygen atoms in total. The number of rotatable bonds is 6. The number of carbonyl (C=O) groups is 1. The molecule has 30 heavy (non-hydrogen) atoms. The molecule has 0 N–H and O–H groups in total. The molecule has 4 rings (SSSR count). The molecule has 4 aromatic rings. The van der Waals surface area contributed by atoms with Crippen molar-refractivity contribution in [2.75, 3.05) is 12.8 Å². The van der Waals surface area contributed by atoms with Gasteiger partial charge in [-0.1, -0.05) is 72.4 Å². The van der Waals surface area contributed by atoms with Crippen LogP contribution in [-0.4, -0.2) is 33.2 Å².